The third-order valence-electron chi connectivity index (χ3n) is 13.6. The Labute approximate surface area is 452 Å². The molecule has 420 valence electrons. The second-order valence-corrected chi connectivity index (χ2v) is 20.8. The summed E-state index contributed by atoms with van der Waals surface area (Å²) in [5.41, 5.74) is 0. The second-order valence-electron chi connectivity index (χ2n) is 20.8. The molecule has 0 heterocycles. The molecule has 0 aliphatic carbocycles. The number of carbonyl (C=O) groups excluding carboxylic acids is 3. The number of rotatable bonds is 56. The molecule has 0 radical (unpaired) electrons. The third kappa shape index (κ3) is 59.3. The van der Waals surface area contributed by atoms with E-state index in [9.17, 15) is 14.4 Å². The number of hydrogen-bond acceptors (Lipinski definition) is 6. The predicted molar refractivity (Wildman–Crippen MR) is 316 cm³/mol. The highest BCUT2D eigenvalue weighted by molar-refractivity contribution is 5.71. The van der Waals surface area contributed by atoms with Crippen molar-refractivity contribution in [2.45, 2.75) is 309 Å². The smallest absolute Gasteiger partial charge is 0.306 e. The predicted octanol–water partition coefficient (Wildman–Crippen LogP) is 21.1. The Bertz CT molecular complexity index is 1400. The number of allylic oxidation sites excluding steroid dienone is 14. The van der Waals surface area contributed by atoms with Crippen molar-refractivity contribution in [2.24, 2.45) is 0 Å². The van der Waals surface area contributed by atoms with E-state index in [1.807, 2.05) is 60.8 Å². The largest absolute Gasteiger partial charge is 0.462 e. The molecular weight excluding hydrogens is 901 g/mol. The average Bonchev–Trinajstić information content (AvgIpc) is 3.39. The highest BCUT2D eigenvalue weighted by atomic mass is 16.6. The average molecular weight is 1020 g/mol. The SMILES string of the molecule is CC\C=C/C=C\C=C/C=C\C=C\C=C/C=C\CCCCCC(=O)OCC(COC(=O)CCCCCCCCCCCCCCCCCCC)OC(=O)CCCCCCCCCCCCCCCCCCCCC. The molecule has 0 amide bonds. The number of unbranched alkanes of at least 4 members (excludes halogenated alkanes) is 37. The Morgan fingerprint density at radius 3 is 0.836 bits per heavy atom. The van der Waals surface area contributed by atoms with Crippen molar-refractivity contribution >= 4 is 17.9 Å². The number of carbonyl (C=O) groups is 3. The van der Waals surface area contributed by atoms with Gasteiger partial charge in [-0.05, 0) is 38.5 Å². The van der Waals surface area contributed by atoms with Crippen LogP contribution in [-0.4, -0.2) is 37.2 Å². The van der Waals surface area contributed by atoms with E-state index in [1.165, 1.54) is 193 Å². The molecule has 0 aliphatic rings. The van der Waals surface area contributed by atoms with Gasteiger partial charge in [0.15, 0.2) is 6.10 Å². The van der Waals surface area contributed by atoms with Gasteiger partial charge in [0.25, 0.3) is 0 Å². The molecule has 1 unspecified atom stereocenters. The normalized spacial score (nSPS) is 12.6. The second kappa shape index (κ2) is 61.1. The first-order valence-electron chi connectivity index (χ1n) is 31.2. The van der Waals surface area contributed by atoms with E-state index in [0.717, 1.165) is 70.6 Å². The third-order valence-corrected chi connectivity index (χ3v) is 13.6. The van der Waals surface area contributed by atoms with Crippen LogP contribution in [0.25, 0.3) is 0 Å². The van der Waals surface area contributed by atoms with Gasteiger partial charge in [-0.2, -0.15) is 0 Å². The van der Waals surface area contributed by atoms with Crippen molar-refractivity contribution in [2.75, 3.05) is 13.2 Å². The summed E-state index contributed by atoms with van der Waals surface area (Å²) in [6.07, 6.45) is 80.1. The van der Waals surface area contributed by atoms with Crippen molar-refractivity contribution in [3.63, 3.8) is 0 Å². The zero-order chi connectivity index (χ0) is 52.9. The Hall–Kier alpha value is -3.41. The lowest BCUT2D eigenvalue weighted by molar-refractivity contribution is -0.167. The zero-order valence-electron chi connectivity index (χ0n) is 48.1. The first-order valence-corrected chi connectivity index (χ1v) is 31.2. The number of esters is 3. The fourth-order valence-corrected chi connectivity index (χ4v) is 8.96. The Balaban J connectivity index is 4.44. The molecule has 6 nitrogen and oxygen atoms in total. The molecule has 0 rings (SSSR count). The van der Waals surface area contributed by atoms with Crippen LogP contribution < -0.4 is 0 Å². The van der Waals surface area contributed by atoms with Gasteiger partial charge in [0, 0.05) is 19.3 Å². The van der Waals surface area contributed by atoms with Crippen LogP contribution in [0.2, 0.25) is 0 Å². The standard InChI is InChI=1S/C67H116O6/c1-4-7-10-13-16-19-22-25-28-31-33-36-39-42-45-48-51-54-57-60-66(69)72-63-64(62-71-65(68)59-56-53-50-47-44-41-38-35-30-27-24-21-18-15-12-9-6-3)73-67(70)61-58-55-52-49-46-43-40-37-34-32-29-26-23-20-17-14-11-8-5-2/h7,10,13,16,19,22,25,28,31,33,36,39,42,45,64H,4-6,8-9,11-12,14-15,17-18,20-21,23-24,26-27,29-30,32,34-35,37-38,40-41,43-44,46-63H2,1-3H3/b10-7-,16-13-,22-19-,28-25-,33-31+,39-36-,45-42-. The van der Waals surface area contributed by atoms with E-state index in [2.05, 4.69) is 45.1 Å². The Kier molecular flexibility index (Phi) is 58.3. The maximum Gasteiger partial charge on any atom is 0.306 e. The van der Waals surface area contributed by atoms with E-state index >= 15 is 0 Å². The fourth-order valence-electron chi connectivity index (χ4n) is 8.96. The Morgan fingerprint density at radius 2 is 0.534 bits per heavy atom. The minimum absolute atomic E-state index is 0.0874. The van der Waals surface area contributed by atoms with Crippen molar-refractivity contribution < 1.29 is 28.6 Å². The molecule has 0 spiro atoms. The van der Waals surface area contributed by atoms with Gasteiger partial charge in [0.1, 0.15) is 13.2 Å². The monoisotopic (exact) mass is 1020 g/mol. The van der Waals surface area contributed by atoms with Gasteiger partial charge in [0.05, 0.1) is 0 Å². The molecule has 0 aromatic heterocycles. The van der Waals surface area contributed by atoms with Gasteiger partial charge in [-0.15, -0.1) is 0 Å². The van der Waals surface area contributed by atoms with Crippen LogP contribution in [0.5, 0.6) is 0 Å². The molecule has 73 heavy (non-hydrogen) atoms. The van der Waals surface area contributed by atoms with Crippen LogP contribution in [0.4, 0.5) is 0 Å². The quantitative estimate of drug-likeness (QED) is 0.0261. The highest BCUT2D eigenvalue weighted by Crippen LogP contribution is 2.17. The summed E-state index contributed by atoms with van der Waals surface area (Å²) in [4.78, 5) is 38.3. The van der Waals surface area contributed by atoms with Crippen molar-refractivity contribution in [1.29, 1.82) is 0 Å². The van der Waals surface area contributed by atoms with Crippen LogP contribution in [0.3, 0.4) is 0 Å². The summed E-state index contributed by atoms with van der Waals surface area (Å²) >= 11 is 0. The first-order chi connectivity index (χ1) is 36.0. The van der Waals surface area contributed by atoms with Crippen molar-refractivity contribution in [3.8, 4) is 0 Å². The van der Waals surface area contributed by atoms with E-state index in [0.29, 0.717) is 19.3 Å². The zero-order valence-corrected chi connectivity index (χ0v) is 48.1. The highest BCUT2D eigenvalue weighted by Gasteiger charge is 2.19. The summed E-state index contributed by atoms with van der Waals surface area (Å²) in [7, 11) is 0. The van der Waals surface area contributed by atoms with Crippen LogP contribution in [0.1, 0.15) is 303 Å². The molecule has 0 saturated carbocycles. The molecule has 0 aromatic rings. The van der Waals surface area contributed by atoms with Crippen molar-refractivity contribution in [3.05, 3.63) is 85.1 Å². The van der Waals surface area contributed by atoms with Crippen LogP contribution in [0, 0.1) is 0 Å². The minimum Gasteiger partial charge on any atom is -0.462 e. The Morgan fingerprint density at radius 1 is 0.288 bits per heavy atom. The lowest BCUT2D eigenvalue weighted by atomic mass is 10.0. The number of ether oxygens (including phenoxy) is 3. The summed E-state index contributed by atoms with van der Waals surface area (Å²) in [5.74, 6) is -0.918. The summed E-state index contributed by atoms with van der Waals surface area (Å²) in [5, 5.41) is 0. The molecule has 6 heteroatoms. The van der Waals surface area contributed by atoms with Gasteiger partial charge in [-0.3, -0.25) is 14.4 Å². The van der Waals surface area contributed by atoms with Crippen molar-refractivity contribution in [1.82, 2.24) is 0 Å². The minimum atomic E-state index is -0.794. The van der Waals surface area contributed by atoms with Crippen LogP contribution >= 0.6 is 0 Å². The molecule has 0 aliphatic heterocycles. The van der Waals surface area contributed by atoms with Crippen LogP contribution in [-0.2, 0) is 28.6 Å². The molecule has 0 aromatic carbocycles. The lowest BCUT2D eigenvalue weighted by Gasteiger charge is -2.18. The molecule has 0 fully saturated rings. The first kappa shape index (κ1) is 69.6. The van der Waals surface area contributed by atoms with E-state index < -0.39 is 6.10 Å². The summed E-state index contributed by atoms with van der Waals surface area (Å²) < 4.78 is 16.9. The van der Waals surface area contributed by atoms with Crippen LogP contribution in [0.15, 0.2) is 85.1 Å². The summed E-state index contributed by atoms with van der Waals surface area (Å²) in [6.45, 7) is 6.50. The van der Waals surface area contributed by atoms with Gasteiger partial charge >= 0.3 is 17.9 Å². The molecule has 0 saturated heterocycles. The van der Waals surface area contributed by atoms with Gasteiger partial charge < -0.3 is 14.2 Å². The molecular formula is C67H116O6. The van der Waals surface area contributed by atoms with Gasteiger partial charge in [-0.25, -0.2) is 0 Å². The van der Waals surface area contributed by atoms with E-state index in [-0.39, 0.29) is 31.1 Å². The fraction of sp³-hybridized carbons (Fsp3) is 0.746. The van der Waals surface area contributed by atoms with E-state index in [1.54, 1.807) is 0 Å². The maximum absolute atomic E-state index is 12.9. The van der Waals surface area contributed by atoms with Gasteiger partial charge in [0.2, 0.25) is 0 Å². The van der Waals surface area contributed by atoms with Gasteiger partial charge in [-0.1, -0.05) is 331 Å². The molecule has 0 bridgehead atoms. The lowest BCUT2D eigenvalue weighted by Crippen LogP contribution is -2.30. The summed E-state index contributed by atoms with van der Waals surface area (Å²) in [6, 6.07) is 0. The maximum atomic E-state index is 12.9. The molecule has 1 atom stereocenters. The van der Waals surface area contributed by atoms with E-state index in [4.69, 9.17) is 14.2 Å². The number of hydrogen-bond donors (Lipinski definition) is 0. The topological polar surface area (TPSA) is 78.9 Å². The molecule has 0 N–H and O–H groups in total.